The number of rotatable bonds is 4. The summed E-state index contributed by atoms with van der Waals surface area (Å²) in [6.45, 7) is 1.22. The second-order valence-electron chi connectivity index (χ2n) is 4.81. The minimum absolute atomic E-state index is 0.00261. The number of hydrogen-bond acceptors (Lipinski definition) is 3. The second kappa shape index (κ2) is 5.66. The molecule has 0 saturated carbocycles. The average Bonchev–Trinajstić information content (AvgIpc) is 2.96. The number of nitrogens with zero attached hydrogens (tertiary/aromatic N) is 3. The van der Waals surface area contributed by atoms with E-state index in [1.807, 2.05) is 41.2 Å². The molecule has 1 aromatic carbocycles. The molecule has 0 saturated heterocycles. The zero-order valence-electron chi connectivity index (χ0n) is 11.5. The van der Waals surface area contributed by atoms with Crippen molar-refractivity contribution >= 4 is 5.69 Å². The fourth-order valence-corrected chi connectivity index (χ4v) is 2.24. The summed E-state index contributed by atoms with van der Waals surface area (Å²) in [5, 5.41) is 4.32. The summed E-state index contributed by atoms with van der Waals surface area (Å²) in [5.41, 5.74) is 8.65. The Balaban J connectivity index is 1.76. The van der Waals surface area contributed by atoms with Gasteiger partial charge in [-0.05, 0) is 12.1 Å². The van der Waals surface area contributed by atoms with Crippen LogP contribution < -0.4 is 11.3 Å². The molecule has 0 spiro atoms. The Hall–Kier alpha value is -2.82. The summed E-state index contributed by atoms with van der Waals surface area (Å²) in [4.78, 5) is 11.6. The van der Waals surface area contributed by atoms with E-state index in [-0.39, 0.29) is 5.56 Å². The van der Waals surface area contributed by atoms with E-state index in [0.29, 0.717) is 13.1 Å². The molecule has 0 unspecified atom stereocenters. The summed E-state index contributed by atoms with van der Waals surface area (Å²) in [7, 11) is 0. The van der Waals surface area contributed by atoms with Crippen LogP contribution in [0.3, 0.4) is 0 Å². The Morgan fingerprint density at radius 2 is 1.86 bits per heavy atom. The van der Waals surface area contributed by atoms with E-state index >= 15 is 0 Å². The minimum Gasteiger partial charge on any atom is -0.398 e. The zero-order chi connectivity index (χ0) is 14.7. The van der Waals surface area contributed by atoms with E-state index in [2.05, 4.69) is 5.10 Å². The molecule has 21 heavy (non-hydrogen) atoms. The highest BCUT2D eigenvalue weighted by molar-refractivity contribution is 5.75. The lowest BCUT2D eigenvalue weighted by atomic mass is 10.1. The molecule has 0 aliphatic heterocycles. The van der Waals surface area contributed by atoms with Gasteiger partial charge >= 0.3 is 0 Å². The molecular weight excluding hydrogens is 264 g/mol. The standard InChI is InChI=1S/C16H16N4O/c17-15-6-2-1-5-14(15)13-11-18-20(12-13)10-9-19-8-4-3-7-16(19)21/h1-8,11-12H,9-10,17H2. The summed E-state index contributed by atoms with van der Waals surface area (Å²) >= 11 is 0. The first kappa shape index (κ1) is 13.2. The molecule has 0 amide bonds. The molecule has 106 valence electrons. The number of aryl methyl sites for hydroxylation is 2. The van der Waals surface area contributed by atoms with Crippen LogP contribution in [0.4, 0.5) is 5.69 Å². The molecule has 3 rings (SSSR count). The summed E-state index contributed by atoms with van der Waals surface area (Å²) < 4.78 is 3.49. The van der Waals surface area contributed by atoms with Crippen LogP contribution in [0.2, 0.25) is 0 Å². The molecule has 0 fully saturated rings. The fraction of sp³-hybridized carbons (Fsp3) is 0.125. The van der Waals surface area contributed by atoms with Crippen LogP contribution in [0.5, 0.6) is 0 Å². The van der Waals surface area contributed by atoms with Crippen molar-refractivity contribution < 1.29 is 0 Å². The summed E-state index contributed by atoms with van der Waals surface area (Å²) in [6.07, 6.45) is 5.51. The van der Waals surface area contributed by atoms with Crippen molar-refractivity contribution in [3.63, 3.8) is 0 Å². The minimum atomic E-state index is -0.00261. The first-order valence-corrected chi connectivity index (χ1v) is 6.77. The van der Waals surface area contributed by atoms with E-state index in [0.717, 1.165) is 16.8 Å². The zero-order valence-corrected chi connectivity index (χ0v) is 11.5. The third kappa shape index (κ3) is 2.86. The highest BCUT2D eigenvalue weighted by atomic mass is 16.1. The lowest BCUT2D eigenvalue weighted by Crippen LogP contribution is -2.20. The van der Waals surface area contributed by atoms with E-state index in [1.54, 1.807) is 29.1 Å². The van der Waals surface area contributed by atoms with Gasteiger partial charge in [0.15, 0.2) is 0 Å². The average molecular weight is 280 g/mol. The number of para-hydroxylation sites is 1. The molecule has 5 nitrogen and oxygen atoms in total. The number of nitrogen functional groups attached to an aromatic ring is 1. The molecule has 2 aromatic heterocycles. The Kier molecular flexibility index (Phi) is 3.55. The maximum Gasteiger partial charge on any atom is 0.250 e. The Morgan fingerprint density at radius 1 is 1.05 bits per heavy atom. The van der Waals surface area contributed by atoms with Gasteiger partial charge in [-0.2, -0.15) is 5.10 Å². The van der Waals surface area contributed by atoms with Crippen LogP contribution in [0.1, 0.15) is 0 Å². The van der Waals surface area contributed by atoms with Crippen molar-refractivity contribution in [2.75, 3.05) is 5.73 Å². The Morgan fingerprint density at radius 3 is 2.67 bits per heavy atom. The molecule has 0 atom stereocenters. The molecule has 0 aliphatic rings. The predicted molar refractivity (Wildman–Crippen MR) is 82.8 cm³/mol. The topological polar surface area (TPSA) is 65.8 Å². The summed E-state index contributed by atoms with van der Waals surface area (Å²) in [5.74, 6) is 0. The fourth-order valence-electron chi connectivity index (χ4n) is 2.24. The molecular formula is C16H16N4O. The van der Waals surface area contributed by atoms with E-state index < -0.39 is 0 Å². The summed E-state index contributed by atoms with van der Waals surface area (Å²) in [6, 6.07) is 12.8. The molecule has 2 N–H and O–H groups in total. The van der Waals surface area contributed by atoms with Gasteiger partial charge in [0.2, 0.25) is 0 Å². The Bertz CT molecular complexity index is 804. The largest absolute Gasteiger partial charge is 0.398 e. The van der Waals surface area contributed by atoms with Gasteiger partial charge in [0.05, 0.1) is 12.7 Å². The highest BCUT2D eigenvalue weighted by Crippen LogP contribution is 2.24. The van der Waals surface area contributed by atoms with Gasteiger partial charge in [0.25, 0.3) is 5.56 Å². The normalized spacial score (nSPS) is 10.7. The number of nitrogens with two attached hydrogens (primary N) is 1. The third-order valence-electron chi connectivity index (χ3n) is 3.37. The van der Waals surface area contributed by atoms with Crippen molar-refractivity contribution in [2.45, 2.75) is 13.1 Å². The van der Waals surface area contributed by atoms with Crippen molar-refractivity contribution in [1.29, 1.82) is 0 Å². The predicted octanol–water partition coefficient (Wildman–Crippen LogP) is 1.99. The number of anilines is 1. The SMILES string of the molecule is Nc1ccccc1-c1cnn(CCn2ccccc2=O)c1. The van der Waals surface area contributed by atoms with Crippen LogP contribution in [0.15, 0.2) is 65.8 Å². The van der Waals surface area contributed by atoms with Crippen molar-refractivity contribution in [1.82, 2.24) is 14.3 Å². The van der Waals surface area contributed by atoms with Gasteiger partial charge in [0, 0.05) is 41.8 Å². The van der Waals surface area contributed by atoms with Gasteiger partial charge in [0.1, 0.15) is 0 Å². The van der Waals surface area contributed by atoms with Crippen molar-refractivity contribution in [3.8, 4) is 11.1 Å². The molecule has 0 radical (unpaired) electrons. The van der Waals surface area contributed by atoms with Crippen LogP contribution in [0, 0.1) is 0 Å². The van der Waals surface area contributed by atoms with E-state index in [4.69, 9.17) is 5.73 Å². The number of benzene rings is 1. The molecule has 5 heteroatoms. The van der Waals surface area contributed by atoms with Crippen LogP contribution in [-0.2, 0) is 13.1 Å². The first-order valence-electron chi connectivity index (χ1n) is 6.77. The van der Waals surface area contributed by atoms with Gasteiger partial charge in [-0.25, -0.2) is 0 Å². The molecule has 0 bridgehead atoms. The quantitative estimate of drug-likeness (QED) is 0.743. The smallest absolute Gasteiger partial charge is 0.250 e. The van der Waals surface area contributed by atoms with Gasteiger partial charge in [-0.3, -0.25) is 9.48 Å². The molecule has 0 aliphatic carbocycles. The maximum atomic E-state index is 11.6. The number of aromatic nitrogens is 3. The van der Waals surface area contributed by atoms with Crippen LogP contribution in [-0.4, -0.2) is 14.3 Å². The second-order valence-corrected chi connectivity index (χ2v) is 4.81. The van der Waals surface area contributed by atoms with Gasteiger partial charge < -0.3 is 10.3 Å². The molecule has 2 heterocycles. The first-order chi connectivity index (χ1) is 10.2. The lowest BCUT2D eigenvalue weighted by molar-refractivity contribution is 0.524. The van der Waals surface area contributed by atoms with E-state index in [9.17, 15) is 4.79 Å². The van der Waals surface area contributed by atoms with E-state index in [1.165, 1.54) is 0 Å². The molecule has 3 aromatic rings. The highest BCUT2D eigenvalue weighted by Gasteiger charge is 2.05. The van der Waals surface area contributed by atoms with Crippen LogP contribution in [0.25, 0.3) is 11.1 Å². The Labute approximate surface area is 122 Å². The number of pyridine rings is 1. The third-order valence-corrected chi connectivity index (χ3v) is 3.37. The van der Waals surface area contributed by atoms with Gasteiger partial charge in [-0.1, -0.05) is 24.3 Å². The monoisotopic (exact) mass is 280 g/mol. The van der Waals surface area contributed by atoms with Crippen molar-refractivity contribution in [2.24, 2.45) is 0 Å². The number of hydrogen-bond donors (Lipinski definition) is 1. The lowest BCUT2D eigenvalue weighted by Gasteiger charge is -2.05. The van der Waals surface area contributed by atoms with Gasteiger partial charge in [-0.15, -0.1) is 0 Å². The maximum absolute atomic E-state index is 11.6. The van der Waals surface area contributed by atoms with Crippen LogP contribution >= 0.6 is 0 Å². The van der Waals surface area contributed by atoms with Crippen molar-refractivity contribution in [3.05, 3.63) is 71.4 Å².